The maximum atomic E-state index is 11.5. The summed E-state index contributed by atoms with van der Waals surface area (Å²) >= 11 is 0. The van der Waals surface area contributed by atoms with Crippen LogP contribution in [0.2, 0.25) is 0 Å². The Balaban J connectivity index is 2.55. The maximum Gasteiger partial charge on any atom is 0.333 e. The van der Waals surface area contributed by atoms with Crippen molar-refractivity contribution in [2.45, 2.75) is 56.6 Å². The first-order chi connectivity index (χ1) is 10.4. The van der Waals surface area contributed by atoms with Gasteiger partial charge in [-0.05, 0) is 45.0 Å². The number of aliphatic hydroxyl groups is 1. The molecule has 2 unspecified atom stereocenters. The molecule has 4 nitrogen and oxygen atoms in total. The van der Waals surface area contributed by atoms with Crippen LogP contribution in [0.15, 0.2) is 24.3 Å². The molecule has 1 aromatic rings. The third-order valence-electron chi connectivity index (χ3n) is 5.22. The van der Waals surface area contributed by atoms with Crippen molar-refractivity contribution < 1.29 is 15.0 Å². The number of carboxylic acids is 1. The smallest absolute Gasteiger partial charge is 0.333 e. The van der Waals surface area contributed by atoms with E-state index in [1.165, 1.54) is 0 Å². The number of carbonyl (C=O) groups is 1. The van der Waals surface area contributed by atoms with Crippen LogP contribution in [0.3, 0.4) is 0 Å². The van der Waals surface area contributed by atoms with Gasteiger partial charge < -0.3 is 15.1 Å². The molecule has 0 saturated heterocycles. The van der Waals surface area contributed by atoms with Crippen LogP contribution in [-0.4, -0.2) is 41.3 Å². The van der Waals surface area contributed by atoms with Gasteiger partial charge in [0.05, 0.1) is 0 Å². The summed E-state index contributed by atoms with van der Waals surface area (Å²) < 4.78 is 0. The van der Waals surface area contributed by atoms with Crippen molar-refractivity contribution in [1.82, 2.24) is 4.90 Å². The van der Waals surface area contributed by atoms with Gasteiger partial charge in [0.15, 0.2) is 6.10 Å². The third-order valence-corrected chi connectivity index (χ3v) is 5.22. The second-order valence-electron chi connectivity index (χ2n) is 6.68. The van der Waals surface area contributed by atoms with E-state index < -0.39 is 17.5 Å². The van der Waals surface area contributed by atoms with Gasteiger partial charge in [0.1, 0.15) is 0 Å². The minimum Gasteiger partial charge on any atom is -0.479 e. The van der Waals surface area contributed by atoms with Crippen molar-refractivity contribution in [2.75, 3.05) is 14.1 Å². The topological polar surface area (TPSA) is 60.8 Å². The Morgan fingerprint density at radius 3 is 2.32 bits per heavy atom. The Kier molecular flexibility index (Phi) is 5.24. The molecule has 2 N–H and O–H groups in total. The summed E-state index contributed by atoms with van der Waals surface area (Å²) in [6, 6.07) is 8.18. The SMILES string of the molecule is CC(c1ccccc1C1(C(O)C(=O)O)CCCCC1)N(C)C. The van der Waals surface area contributed by atoms with Gasteiger partial charge in [-0.25, -0.2) is 4.79 Å². The predicted molar refractivity (Wildman–Crippen MR) is 86.9 cm³/mol. The fraction of sp³-hybridized carbons (Fsp3) is 0.611. The van der Waals surface area contributed by atoms with E-state index in [1.807, 2.05) is 32.3 Å². The van der Waals surface area contributed by atoms with Gasteiger partial charge in [0.25, 0.3) is 0 Å². The first-order valence-electron chi connectivity index (χ1n) is 8.07. The molecule has 0 radical (unpaired) electrons. The number of hydrogen-bond acceptors (Lipinski definition) is 3. The molecule has 0 spiro atoms. The minimum atomic E-state index is -1.34. The Labute approximate surface area is 132 Å². The molecule has 1 saturated carbocycles. The predicted octanol–water partition coefficient (Wildman–Crippen LogP) is 2.96. The summed E-state index contributed by atoms with van der Waals surface area (Å²) in [4.78, 5) is 13.6. The Morgan fingerprint density at radius 1 is 1.18 bits per heavy atom. The Morgan fingerprint density at radius 2 is 1.77 bits per heavy atom. The molecular formula is C18H27NO3. The first kappa shape index (κ1) is 17.0. The number of carboxylic acid groups (broad SMARTS) is 1. The molecule has 1 aromatic carbocycles. The average molecular weight is 305 g/mol. The molecular weight excluding hydrogens is 278 g/mol. The normalized spacial score (nSPS) is 20.6. The van der Waals surface area contributed by atoms with E-state index in [-0.39, 0.29) is 6.04 Å². The fourth-order valence-electron chi connectivity index (χ4n) is 3.70. The van der Waals surface area contributed by atoms with Crippen LogP contribution in [0.4, 0.5) is 0 Å². The number of hydrogen-bond donors (Lipinski definition) is 2. The zero-order chi connectivity index (χ0) is 16.3. The molecule has 122 valence electrons. The summed E-state index contributed by atoms with van der Waals surface area (Å²) in [5.74, 6) is -1.12. The summed E-state index contributed by atoms with van der Waals surface area (Å²) in [5, 5.41) is 19.9. The number of aliphatic carboxylic acids is 1. The molecule has 0 heterocycles. The van der Waals surface area contributed by atoms with Crippen molar-refractivity contribution >= 4 is 5.97 Å². The van der Waals surface area contributed by atoms with Crippen molar-refractivity contribution in [3.8, 4) is 0 Å². The highest BCUT2D eigenvalue weighted by atomic mass is 16.4. The van der Waals surface area contributed by atoms with Gasteiger partial charge in [0.2, 0.25) is 0 Å². The molecule has 2 atom stereocenters. The molecule has 0 amide bonds. The number of benzene rings is 1. The fourth-order valence-corrected chi connectivity index (χ4v) is 3.70. The number of nitrogens with zero attached hydrogens (tertiary/aromatic N) is 1. The van der Waals surface area contributed by atoms with Gasteiger partial charge in [-0.1, -0.05) is 43.5 Å². The Hall–Kier alpha value is -1.39. The van der Waals surface area contributed by atoms with Crippen LogP contribution in [0.5, 0.6) is 0 Å². The molecule has 0 aromatic heterocycles. The van der Waals surface area contributed by atoms with E-state index in [4.69, 9.17) is 0 Å². The summed E-state index contributed by atoms with van der Waals surface area (Å²) in [6.45, 7) is 2.11. The van der Waals surface area contributed by atoms with Gasteiger partial charge >= 0.3 is 5.97 Å². The monoisotopic (exact) mass is 305 g/mol. The van der Waals surface area contributed by atoms with Crippen LogP contribution in [0.1, 0.15) is 56.2 Å². The largest absolute Gasteiger partial charge is 0.479 e. The van der Waals surface area contributed by atoms with Crippen molar-refractivity contribution in [2.24, 2.45) is 0 Å². The van der Waals surface area contributed by atoms with E-state index in [1.54, 1.807) is 0 Å². The minimum absolute atomic E-state index is 0.177. The first-order valence-corrected chi connectivity index (χ1v) is 8.07. The van der Waals surface area contributed by atoms with Crippen LogP contribution < -0.4 is 0 Å². The van der Waals surface area contributed by atoms with E-state index >= 15 is 0 Å². The quantitative estimate of drug-likeness (QED) is 0.878. The third kappa shape index (κ3) is 3.03. The molecule has 0 aliphatic heterocycles. The van der Waals surface area contributed by atoms with Crippen LogP contribution in [-0.2, 0) is 10.2 Å². The van der Waals surface area contributed by atoms with Gasteiger partial charge in [-0.2, -0.15) is 0 Å². The van der Waals surface area contributed by atoms with E-state index in [0.717, 1.165) is 43.2 Å². The maximum absolute atomic E-state index is 11.5. The van der Waals surface area contributed by atoms with Gasteiger partial charge in [-0.3, -0.25) is 0 Å². The van der Waals surface area contributed by atoms with Gasteiger partial charge in [-0.15, -0.1) is 0 Å². The molecule has 1 aliphatic rings. The second kappa shape index (κ2) is 6.80. The lowest BCUT2D eigenvalue weighted by atomic mass is 9.64. The average Bonchev–Trinajstić information content (AvgIpc) is 2.53. The Bertz CT molecular complexity index is 521. The molecule has 1 fully saturated rings. The standard InChI is InChI=1S/C18H27NO3/c1-13(19(2)3)14-9-5-6-10-15(14)18(16(20)17(21)22)11-7-4-8-12-18/h5-6,9-10,13,16,20H,4,7-8,11-12H2,1-3H3,(H,21,22). The summed E-state index contributed by atoms with van der Waals surface area (Å²) in [6.07, 6.45) is 3.17. The molecule has 0 bridgehead atoms. The molecule has 4 heteroatoms. The highest BCUT2D eigenvalue weighted by molar-refractivity contribution is 5.75. The lowest BCUT2D eigenvalue weighted by molar-refractivity contribution is -0.152. The lowest BCUT2D eigenvalue weighted by Gasteiger charge is -2.42. The molecule has 1 aliphatic carbocycles. The van der Waals surface area contributed by atoms with Gasteiger partial charge in [0, 0.05) is 11.5 Å². The molecule has 22 heavy (non-hydrogen) atoms. The zero-order valence-electron chi connectivity index (χ0n) is 13.7. The lowest BCUT2D eigenvalue weighted by Crippen LogP contribution is -2.47. The summed E-state index contributed by atoms with van der Waals surface area (Å²) in [7, 11) is 4.03. The van der Waals surface area contributed by atoms with Crippen molar-refractivity contribution in [1.29, 1.82) is 0 Å². The number of rotatable bonds is 5. The van der Waals surface area contributed by atoms with Crippen molar-refractivity contribution in [3.63, 3.8) is 0 Å². The molecule has 2 rings (SSSR count). The van der Waals surface area contributed by atoms with E-state index in [9.17, 15) is 15.0 Å². The van der Waals surface area contributed by atoms with Crippen LogP contribution >= 0.6 is 0 Å². The van der Waals surface area contributed by atoms with Crippen LogP contribution in [0, 0.1) is 0 Å². The van der Waals surface area contributed by atoms with E-state index in [0.29, 0.717) is 0 Å². The highest BCUT2D eigenvalue weighted by Crippen LogP contribution is 2.45. The number of aliphatic hydroxyl groups excluding tert-OH is 1. The van der Waals surface area contributed by atoms with Crippen molar-refractivity contribution in [3.05, 3.63) is 35.4 Å². The second-order valence-corrected chi connectivity index (χ2v) is 6.68. The van der Waals surface area contributed by atoms with Crippen LogP contribution in [0.25, 0.3) is 0 Å². The van der Waals surface area contributed by atoms with E-state index in [2.05, 4.69) is 17.9 Å². The summed E-state index contributed by atoms with van der Waals surface area (Å²) in [5.41, 5.74) is 1.46. The highest BCUT2D eigenvalue weighted by Gasteiger charge is 2.45. The zero-order valence-corrected chi connectivity index (χ0v) is 13.7.